The molecule has 0 fully saturated rings. The van der Waals surface area contributed by atoms with E-state index >= 15 is 0 Å². The van der Waals surface area contributed by atoms with Gasteiger partial charge in [0, 0.05) is 5.39 Å². The topological polar surface area (TPSA) is 17.8 Å². The van der Waals surface area contributed by atoms with Crippen molar-refractivity contribution < 1.29 is 0 Å². The second-order valence-corrected chi connectivity index (χ2v) is 3.77. The molecule has 1 aromatic heterocycles. The summed E-state index contributed by atoms with van der Waals surface area (Å²) in [5, 5.41) is 5.35. The van der Waals surface area contributed by atoms with Gasteiger partial charge in [-0.3, -0.25) is 4.68 Å². The molecule has 1 radical (unpaired) electrons. The number of nitrogens with zero attached hydrogens (tertiary/aromatic N) is 2. The molecular weight excluding hydrogens is 196 g/mol. The number of aromatic nitrogens is 2. The number of hydrogen-bond donors (Lipinski definition) is 0. The van der Waals surface area contributed by atoms with E-state index in [0.29, 0.717) is 0 Å². The molecule has 0 aliphatic heterocycles. The molecule has 0 saturated heterocycles. The van der Waals surface area contributed by atoms with Crippen LogP contribution in [0.2, 0.25) is 0 Å². The van der Waals surface area contributed by atoms with Crippen LogP contribution in [0.15, 0.2) is 54.6 Å². The van der Waals surface area contributed by atoms with Gasteiger partial charge in [0.25, 0.3) is 0 Å². The molecule has 2 aromatic carbocycles. The Kier molecular flexibility index (Phi) is 2.18. The molecule has 0 bridgehead atoms. The minimum absolute atomic E-state index is 0.796. The lowest BCUT2D eigenvalue weighted by atomic mass is 10.2. The Morgan fingerprint density at radius 3 is 2.56 bits per heavy atom. The third kappa shape index (κ3) is 1.58. The molecule has 0 atom stereocenters. The van der Waals surface area contributed by atoms with Gasteiger partial charge in [0.05, 0.1) is 12.1 Å². The van der Waals surface area contributed by atoms with E-state index in [2.05, 4.69) is 29.5 Å². The summed E-state index contributed by atoms with van der Waals surface area (Å²) in [6, 6.07) is 18.5. The first-order chi connectivity index (χ1) is 7.93. The minimum atomic E-state index is 0.796. The molecule has 0 spiro atoms. The maximum Gasteiger partial charge on any atom is 0.121 e. The summed E-state index contributed by atoms with van der Waals surface area (Å²) in [5.74, 6) is 0. The highest BCUT2D eigenvalue weighted by molar-refractivity contribution is 5.77. The monoisotopic (exact) mass is 207 g/mol. The first-order valence-electron chi connectivity index (χ1n) is 5.31. The zero-order chi connectivity index (χ0) is 10.8. The van der Waals surface area contributed by atoms with Crippen LogP contribution in [0.4, 0.5) is 0 Å². The van der Waals surface area contributed by atoms with Crippen molar-refractivity contribution in [3.63, 3.8) is 0 Å². The van der Waals surface area contributed by atoms with E-state index < -0.39 is 0 Å². The Hall–Kier alpha value is -2.09. The summed E-state index contributed by atoms with van der Waals surface area (Å²) in [6.45, 7) is 0.796. The zero-order valence-electron chi connectivity index (χ0n) is 8.80. The summed E-state index contributed by atoms with van der Waals surface area (Å²) in [7, 11) is 0. The van der Waals surface area contributed by atoms with Crippen molar-refractivity contribution >= 4 is 10.9 Å². The molecule has 0 amide bonds. The Bertz CT molecular complexity index is 596. The van der Waals surface area contributed by atoms with Crippen LogP contribution in [-0.2, 0) is 6.54 Å². The standard InChI is InChI=1S/C14H11N2/c1-2-6-12(7-3-1)11-16-14-9-5-4-8-13(14)10-15-16/h1-9H,11H2. The smallest absolute Gasteiger partial charge is 0.121 e. The summed E-state index contributed by atoms with van der Waals surface area (Å²) >= 11 is 0. The number of rotatable bonds is 2. The van der Waals surface area contributed by atoms with Crippen LogP contribution in [0.3, 0.4) is 0 Å². The van der Waals surface area contributed by atoms with Gasteiger partial charge in [-0.05, 0) is 11.6 Å². The normalized spacial score (nSPS) is 10.8. The molecule has 77 valence electrons. The van der Waals surface area contributed by atoms with E-state index in [4.69, 9.17) is 0 Å². The van der Waals surface area contributed by atoms with Crippen LogP contribution in [0.1, 0.15) is 5.56 Å². The number of hydrogen-bond acceptors (Lipinski definition) is 1. The predicted octanol–water partition coefficient (Wildman–Crippen LogP) is 2.88. The second kappa shape index (κ2) is 3.81. The van der Waals surface area contributed by atoms with Gasteiger partial charge in [-0.2, -0.15) is 5.10 Å². The Morgan fingerprint density at radius 1 is 0.938 bits per heavy atom. The summed E-state index contributed by atoms with van der Waals surface area (Å²) in [6.07, 6.45) is 3.02. The van der Waals surface area contributed by atoms with Crippen LogP contribution in [-0.4, -0.2) is 9.78 Å². The number of fused-ring (bicyclic) bond motifs is 1. The van der Waals surface area contributed by atoms with Gasteiger partial charge in [-0.15, -0.1) is 0 Å². The molecule has 3 aromatic rings. The fourth-order valence-corrected chi connectivity index (χ4v) is 1.84. The van der Waals surface area contributed by atoms with Gasteiger partial charge in [0.2, 0.25) is 0 Å². The molecule has 16 heavy (non-hydrogen) atoms. The highest BCUT2D eigenvalue weighted by Crippen LogP contribution is 2.13. The fraction of sp³-hybridized carbons (Fsp3) is 0.0714. The summed E-state index contributed by atoms with van der Waals surface area (Å²) in [4.78, 5) is 0. The Morgan fingerprint density at radius 2 is 1.69 bits per heavy atom. The second-order valence-electron chi connectivity index (χ2n) is 3.77. The molecule has 3 rings (SSSR count). The third-order valence-electron chi connectivity index (χ3n) is 2.65. The van der Waals surface area contributed by atoms with Crippen molar-refractivity contribution in [2.75, 3.05) is 0 Å². The molecule has 0 N–H and O–H groups in total. The van der Waals surface area contributed by atoms with Gasteiger partial charge in [-0.1, -0.05) is 48.5 Å². The third-order valence-corrected chi connectivity index (χ3v) is 2.65. The molecule has 2 heteroatoms. The van der Waals surface area contributed by atoms with Gasteiger partial charge in [0.15, 0.2) is 0 Å². The van der Waals surface area contributed by atoms with E-state index in [9.17, 15) is 0 Å². The average molecular weight is 207 g/mol. The van der Waals surface area contributed by atoms with Crippen molar-refractivity contribution in [1.29, 1.82) is 0 Å². The first-order valence-corrected chi connectivity index (χ1v) is 5.31. The maximum absolute atomic E-state index is 4.28. The predicted molar refractivity (Wildman–Crippen MR) is 64.1 cm³/mol. The number of para-hydroxylation sites is 1. The van der Waals surface area contributed by atoms with E-state index in [0.717, 1.165) is 17.4 Å². The van der Waals surface area contributed by atoms with Gasteiger partial charge in [0.1, 0.15) is 6.20 Å². The van der Waals surface area contributed by atoms with E-state index in [1.807, 2.05) is 41.1 Å². The van der Waals surface area contributed by atoms with Crippen molar-refractivity contribution in [3.05, 3.63) is 66.4 Å². The first kappa shape index (κ1) is 9.16. The van der Waals surface area contributed by atoms with Crippen molar-refractivity contribution in [2.45, 2.75) is 6.54 Å². The summed E-state index contributed by atoms with van der Waals surface area (Å²) < 4.78 is 1.98. The van der Waals surface area contributed by atoms with Crippen LogP contribution < -0.4 is 0 Å². The highest BCUT2D eigenvalue weighted by atomic mass is 15.3. The lowest BCUT2D eigenvalue weighted by Crippen LogP contribution is -2.00. The lowest BCUT2D eigenvalue weighted by molar-refractivity contribution is 0.710. The lowest BCUT2D eigenvalue weighted by Gasteiger charge is -2.03. The van der Waals surface area contributed by atoms with Crippen LogP contribution in [0.25, 0.3) is 10.9 Å². The SMILES string of the molecule is [c]1nn(Cc2ccccc2)c2ccccc12. The van der Waals surface area contributed by atoms with Crippen molar-refractivity contribution in [3.8, 4) is 0 Å². The average Bonchev–Trinajstić information content (AvgIpc) is 2.74. The van der Waals surface area contributed by atoms with Crippen molar-refractivity contribution in [2.24, 2.45) is 0 Å². The van der Waals surface area contributed by atoms with E-state index in [1.165, 1.54) is 5.56 Å². The molecule has 0 aliphatic carbocycles. The van der Waals surface area contributed by atoms with Gasteiger partial charge in [-0.25, -0.2) is 0 Å². The Balaban J connectivity index is 2.01. The molecular formula is C14H11N2. The maximum atomic E-state index is 4.28. The Labute approximate surface area is 94.1 Å². The number of benzene rings is 2. The van der Waals surface area contributed by atoms with Crippen LogP contribution in [0, 0.1) is 6.20 Å². The minimum Gasteiger partial charge on any atom is -0.260 e. The molecule has 0 unspecified atom stereocenters. The summed E-state index contributed by atoms with van der Waals surface area (Å²) in [5.41, 5.74) is 2.39. The molecule has 2 nitrogen and oxygen atoms in total. The quantitative estimate of drug-likeness (QED) is 0.631. The largest absolute Gasteiger partial charge is 0.260 e. The van der Waals surface area contributed by atoms with Crippen LogP contribution in [0.5, 0.6) is 0 Å². The van der Waals surface area contributed by atoms with Crippen molar-refractivity contribution in [1.82, 2.24) is 9.78 Å². The highest BCUT2D eigenvalue weighted by Gasteiger charge is 2.01. The fourth-order valence-electron chi connectivity index (χ4n) is 1.84. The van der Waals surface area contributed by atoms with Gasteiger partial charge >= 0.3 is 0 Å². The van der Waals surface area contributed by atoms with E-state index in [1.54, 1.807) is 0 Å². The molecule has 1 heterocycles. The molecule has 0 aliphatic rings. The van der Waals surface area contributed by atoms with E-state index in [-0.39, 0.29) is 0 Å². The zero-order valence-corrected chi connectivity index (χ0v) is 8.80. The van der Waals surface area contributed by atoms with Crippen LogP contribution >= 0.6 is 0 Å². The van der Waals surface area contributed by atoms with Gasteiger partial charge < -0.3 is 0 Å². The molecule has 0 saturated carbocycles.